The molecule has 2 fully saturated rings. The summed E-state index contributed by atoms with van der Waals surface area (Å²) in [6.45, 7) is 0.944. The second kappa shape index (κ2) is 7.36. The number of aromatic nitrogens is 3. The predicted molar refractivity (Wildman–Crippen MR) is 113 cm³/mol. The standard InChI is InChI=1S/C24H24N4O/c25-23-22-20(14-28(13-18-4-1-5-18)24(22)27-15-26-23)10-9-16-3-2-6-19(11-16)21(29)12-17-7-8-17/h2-3,6,11,14-15,17-18H,1,4-5,7-8,12-13H2,(H2,25,26,27). The lowest BCUT2D eigenvalue weighted by molar-refractivity contribution is 0.0976. The molecule has 2 aliphatic carbocycles. The van der Waals surface area contributed by atoms with Crippen molar-refractivity contribution < 1.29 is 4.79 Å². The normalized spacial score (nSPS) is 16.3. The highest BCUT2D eigenvalue weighted by Gasteiger charge is 2.25. The first-order valence-electron chi connectivity index (χ1n) is 10.4. The van der Waals surface area contributed by atoms with Crippen LogP contribution in [-0.2, 0) is 6.54 Å². The van der Waals surface area contributed by atoms with Crippen LogP contribution in [0.25, 0.3) is 11.0 Å². The molecule has 0 bridgehead atoms. The summed E-state index contributed by atoms with van der Waals surface area (Å²) in [4.78, 5) is 21.0. The zero-order chi connectivity index (χ0) is 19.8. The van der Waals surface area contributed by atoms with Gasteiger partial charge in [0.15, 0.2) is 5.78 Å². The molecule has 0 radical (unpaired) electrons. The molecule has 0 aliphatic heterocycles. The number of benzene rings is 1. The molecule has 2 aromatic heterocycles. The molecule has 2 saturated carbocycles. The zero-order valence-corrected chi connectivity index (χ0v) is 16.4. The highest BCUT2D eigenvalue weighted by Crippen LogP contribution is 2.33. The molecule has 2 N–H and O–H groups in total. The SMILES string of the molecule is Nc1ncnc2c1c(C#Cc1cccc(C(=O)CC3CC3)c1)cn2CC1CCC1. The van der Waals surface area contributed by atoms with E-state index in [1.165, 1.54) is 38.4 Å². The fraction of sp³-hybridized carbons (Fsp3) is 0.375. The summed E-state index contributed by atoms with van der Waals surface area (Å²) in [5, 5.41) is 0.820. The quantitative estimate of drug-likeness (QED) is 0.529. The van der Waals surface area contributed by atoms with Crippen LogP contribution in [0.2, 0.25) is 0 Å². The Morgan fingerprint density at radius 1 is 1.14 bits per heavy atom. The summed E-state index contributed by atoms with van der Waals surface area (Å²) in [6.07, 6.45) is 10.4. The van der Waals surface area contributed by atoms with Gasteiger partial charge in [0, 0.05) is 30.3 Å². The van der Waals surface area contributed by atoms with Crippen LogP contribution in [0.1, 0.15) is 60.0 Å². The van der Waals surface area contributed by atoms with Crippen LogP contribution in [0.3, 0.4) is 0 Å². The fourth-order valence-electron chi connectivity index (χ4n) is 3.95. The number of nitrogens with zero attached hydrogens (tertiary/aromatic N) is 3. The number of carbonyl (C=O) groups is 1. The molecule has 2 heterocycles. The number of anilines is 1. The van der Waals surface area contributed by atoms with E-state index < -0.39 is 0 Å². The van der Waals surface area contributed by atoms with Gasteiger partial charge in [-0.15, -0.1) is 0 Å². The van der Waals surface area contributed by atoms with Crippen molar-refractivity contribution in [2.75, 3.05) is 5.73 Å². The third-order valence-electron chi connectivity index (χ3n) is 6.06. The number of hydrogen-bond acceptors (Lipinski definition) is 4. The minimum atomic E-state index is 0.214. The molecule has 1 aromatic carbocycles. The lowest BCUT2D eigenvalue weighted by Gasteiger charge is -2.25. The van der Waals surface area contributed by atoms with Gasteiger partial charge < -0.3 is 10.3 Å². The molecule has 0 unspecified atom stereocenters. The molecule has 3 aromatic rings. The van der Waals surface area contributed by atoms with E-state index in [0.717, 1.165) is 34.3 Å². The number of Topliss-reactive ketones (excluding diaryl/α,β-unsaturated/α-hetero) is 1. The van der Waals surface area contributed by atoms with Crippen molar-refractivity contribution in [3.63, 3.8) is 0 Å². The largest absolute Gasteiger partial charge is 0.383 e. The van der Waals surface area contributed by atoms with E-state index in [1.807, 2.05) is 30.5 Å². The first-order chi connectivity index (χ1) is 14.2. The van der Waals surface area contributed by atoms with Gasteiger partial charge in [-0.25, -0.2) is 9.97 Å². The molecular weight excluding hydrogens is 360 g/mol. The number of nitrogen functional groups attached to an aromatic ring is 1. The molecule has 0 spiro atoms. The summed E-state index contributed by atoms with van der Waals surface area (Å²) in [5.41, 5.74) is 9.43. The van der Waals surface area contributed by atoms with Gasteiger partial charge in [-0.05, 0) is 49.7 Å². The van der Waals surface area contributed by atoms with Gasteiger partial charge in [-0.2, -0.15) is 0 Å². The first-order valence-corrected chi connectivity index (χ1v) is 10.4. The van der Waals surface area contributed by atoms with Crippen molar-refractivity contribution in [2.24, 2.45) is 11.8 Å². The van der Waals surface area contributed by atoms with Gasteiger partial charge in [-0.3, -0.25) is 4.79 Å². The third-order valence-corrected chi connectivity index (χ3v) is 6.06. The van der Waals surface area contributed by atoms with Gasteiger partial charge in [0.25, 0.3) is 0 Å². The number of nitrogens with two attached hydrogens (primary N) is 1. The first kappa shape index (κ1) is 17.9. The number of rotatable bonds is 5. The smallest absolute Gasteiger partial charge is 0.163 e. The highest BCUT2D eigenvalue weighted by atomic mass is 16.1. The Morgan fingerprint density at radius 3 is 2.76 bits per heavy atom. The zero-order valence-electron chi connectivity index (χ0n) is 16.4. The average molecular weight is 384 g/mol. The summed E-state index contributed by atoms with van der Waals surface area (Å²) >= 11 is 0. The van der Waals surface area contributed by atoms with Crippen molar-refractivity contribution in [3.8, 4) is 11.8 Å². The number of hydrogen-bond donors (Lipinski definition) is 1. The molecule has 0 atom stereocenters. The molecule has 5 rings (SSSR count). The van der Waals surface area contributed by atoms with E-state index in [0.29, 0.717) is 24.1 Å². The number of fused-ring (bicyclic) bond motifs is 1. The minimum absolute atomic E-state index is 0.214. The van der Waals surface area contributed by atoms with Gasteiger partial charge in [-0.1, -0.05) is 30.4 Å². The topological polar surface area (TPSA) is 73.8 Å². The Hall–Kier alpha value is -3.13. The van der Waals surface area contributed by atoms with Crippen molar-refractivity contribution in [3.05, 3.63) is 53.5 Å². The number of carbonyl (C=O) groups excluding carboxylic acids is 1. The second-order valence-corrected chi connectivity index (χ2v) is 8.35. The Bertz CT molecular complexity index is 1140. The van der Waals surface area contributed by atoms with Crippen LogP contribution in [0.4, 0.5) is 5.82 Å². The van der Waals surface area contributed by atoms with Gasteiger partial charge in [0.1, 0.15) is 17.8 Å². The summed E-state index contributed by atoms with van der Waals surface area (Å²) in [7, 11) is 0. The van der Waals surface area contributed by atoms with E-state index in [2.05, 4.69) is 26.4 Å². The average Bonchev–Trinajstić information content (AvgIpc) is 3.43. The third kappa shape index (κ3) is 3.75. The van der Waals surface area contributed by atoms with Gasteiger partial charge >= 0.3 is 0 Å². The Balaban J connectivity index is 1.46. The van der Waals surface area contributed by atoms with Crippen molar-refractivity contribution in [1.82, 2.24) is 14.5 Å². The van der Waals surface area contributed by atoms with Crippen molar-refractivity contribution in [2.45, 2.75) is 45.1 Å². The van der Waals surface area contributed by atoms with Crippen molar-refractivity contribution in [1.29, 1.82) is 0 Å². The molecule has 146 valence electrons. The summed E-state index contributed by atoms with van der Waals surface area (Å²) in [5.74, 6) is 8.43. The van der Waals surface area contributed by atoms with Crippen LogP contribution >= 0.6 is 0 Å². The lowest BCUT2D eigenvalue weighted by atomic mass is 9.85. The second-order valence-electron chi connectivity index (χ2n) is 8.35. The van der Waals surface area contributed by atoms with E-state index in [9.17, 15) is 4.79 Å². The summed E-state index contributed by atoms with van der Waals surface area (Å²) < 4.78 is 2.16. The minimum Gasteiger partial charge on any atom is -0.383 e. The van der Waals surface area contributed by atoms with Crippen LogP contribution < -0.4 is 5.73 Å². The van der Waals surface area contributed by atoms with E-state index in [4.69, 9.17) is 5.73 Å². The molecule has 0 saturated heterocycles. The predicted octanol–water partition coefficient (Wildman–Crippen LogP) is 4.20. The van der Waals surface area contributed by atoms with Gasteiger partial charge in [0.2, 0.25) is 0 Å². The van der Waals surface area contributed by atoms with Crippen LogP contribution in [0, 0.1) is 23.7 Å². The molecule has 5 heteroatoms. The maximum atomic E-state index is 12.4. The lowest BCUT2D eigenvalue weighted by Crippen LogP contribution is -2.17. The van der Waals surface area contributed by atoms with Crippen LogP contribution in [0.5, 0.6) is 0 Å². The van der Waals surface area contributed by atoms with Crippen LogP contribution in [0.15, 0.2) is 36.8 Å². The Morgan fingerprint density at radius 2 is 2.00 bits per heavy atom. The Kier molecular flexibility index (Phi) is 4.55. The van der Waals surface area contributed by atoms with Crippen molar-refractivity contribution >= 4 is 22.6 Å². The number of ketones is 1. The molecule has 2 aliphatic rings. The molecule has 0 amide bonds. The maximum Gasteiger partial charge on any atom is 0.163 e. The molecular formula is C24H24N4O. The van der Waals surface area contributed by atoms with E-state index in [-0.39, 0.29) is 5.78 Å². The fourth-order valence-corrected chi connectivity index (χ4v) is 3.95. The maximum absolute atomic E-state index is 12.4. The Labute approximate surface area is 170 Å². The summed E-state index contributed by atoms with van der Waals surface area (Å²) in [6, 6.07) is 7.62. The molecule has 29 heavy (non-hydrogen) atoms. The molecule has 5 nitrogen and oxygen atoms in total. The monoisotopic (exact) mass is 384 g/mol. The highest BCUT2D eigenvalue weighted by molar-refractivity contribution is 5.96. The van der Waals surface area contributed by atoms with Gasteiger partial charge in [0.05, 0.1) is 10.9 Å². The van der Waals surface area contributed by atoms with E-state index in [1.54, 1.807) is 0 Å². The van der Waals surface area contributed by atoms with E-state index >= 15 is 0 Å². The van der Waals surface area contributed by atoms with Crippen LogP contribution in [-0.4, -0.2) is 20.3 Å².